The molecule has 0 unspecified atom stereocenters. The summed E-state index contributed by atoms with van der Waals surface area (Å²) in [5.74, 6) is 0. The third kappa shape index (κ3) is 5.42. The maximum Gasteiger partial charge on any atom is 0.143 e. The van der Waals surface area contributed by atoms with E-state index in [0.717, 1.165) is 44.4 Å². The standard InChI is InChI=1S/C54H35NO/c1-2-11-36(12-3-1)39-21-23-40(24-22-39)41-27-30-45(31-28-41)55(46-32-29-38-14-5-7-16-43(38)34-46)51-19-10-20-52-53(51)50-35-49(47-17-8-9-18-48(47)54(50)56-52)44-26-25-37-13-4-6-15-42(37)33-44/h1-35H. The Morgan fingerprint density at radius 2 is 0.857 bits per heavy atom. The molecule has 0 saturated carbocycles. The average Bonchev–Trinajstić information content (AvgIpc) is 3.66. The zero-order valence-electron chi connectivity index (χ0n) is 30.6. The van der Waals surface area contributed by atoms with Crippen molar-refractivity contribution in [2.75, 3.05) is 4.90 Å². The van der Waals surface area contributed by atoms with Crippen molar-refractivity contribution in [2.24, 2.45) is 0 Å². The maximum atomic E-state index is 6.85. The summed E-state index contributed by atoms with van der Waals surface area (Å²) in [5, 5.41) is 9.33. The quantitative estimate of drug-likeness (QED) is 0.171. The van der Waals surface area contributed by atoms with Gasteiger partial charge in [-0.25, -0.2) is 0 Å². The number of furan rings is 1. The van der Waals surface area contributed by atoms with Gasteiger partial charge in [-0.15, -0.1) is 0 Å². The molecule has 0 fully saturated rings. The van der Waals surface area contributed by atoms with Crippen LogP contribution >= 0.6 is 0 Å². The molecule has 0 radical (unpaired) electrons. The van der Waals surface area contributed by atoms with Crippen molar-refractivity contribution in [3.8, 4) is 33.4 Å². The van der Waals surface area contributed by atoms with Gasteiger partial charge in [0.1, 0.15) is 11.2 Å². The Labute approximate surface area is 325 Å². The molecule has 0 N–H and O–H groups in total. The molecule has 0 spiro atoms. The van der Waals surface area contributed by atoms with Crippen molar-refractivity contribution in [2.45, 2.75) is 0 Å². The molecule has 0 aliphatic carbocycles. The lowest BCUT2D eigenvalue weighted by Crippen LogP contribution is -2.10. The Hall–Kier alpha value is -7.42. The van der Waals surface area contributed by atoms with Crippen molar-refractivity contribution in [3.05, 3.63) is 212 Å². The molecule has 2 nitrogen and oxygen atoms in total. The third-order valence-electron chi connectivity index (χ3n) is 11.2. The van der Waals surface area contributed by atoms with Gasteiger partial charge < -0.3 is 9.32 Å². The molecule has 11 rings (SSSR count). The van der Waals surface area contributed by atoms with Crippen LogP contribution in [0.15, 0.2) is 217 Å². The molecule has 56 heavy (non-hydrogen) atoms. The van der Waals surface area contributed by atoms with Crippen LogP contribution in [0.2, 0.25) is 0 Å². The van der Waals surface area contributed by atoms with Gasteiger partial charge in [0.15, 0.2) is 0 Å². The Balaban J connectivity index is 1.10. The van der Waals surface area contributed by atoms with Crippen LogP contribution in [0.3, 0.4) is 0 Å². The van der Waals surface area contributed by atoms with E-state index in [2.05, 4.69) is 217 Å². The fourth-order valence-electron chi connectivity index (χ4n) is 8.44. The predicted octanol–water partition coefficient (Wildman–Crippen LogP) is 15.5. The van der Waals surface area contributed by atoms with Crippen LogP contribution in [-0.2, 0) is 0 Å². The van der Waals surface area contributed by atoms with Gasteiger partial charge in [0, 0.05) is 22.1 Å². The number of hydrogen-bond acceptors (Lipinski definition) is 2. The van der Waals surface area contributed by atoms with E-state index in [9.17, 15) is 0 Å². The van der Waals surface area contributed by atoms with E-state index in [1.165, 1.54) is 60.3 Å². The van der Waals surface area contributed by atoms with Gasteiger partial charge in [0.05, 0.1) is 11.1 Å². The summed E-state index contributed by atoms with van der Waals surface area (Å²) in [6.45, 7) is 0. The lowest BCUT2D eigenvalue weighted by atomic mass is 9.93. The highest BCUT2D eigenvalue weighted by atomic mass is 16.3. The van der Waals surface area contributed by atoms with Gasteiger partial charge in [-0.3, -0.25) is 0 Å². The SMILES string of the molecule is c1ccc(-c2ccc(-c3ccc(N(c4ccc5ccccc5c4)c4cccc5oc6c7ccccc7c(-c7ccc8ccccc8c7)cc6c45)cc3)cc2)cc1. The van der Waals surface area contributed by atoms with Crippen LogP contribution in [0, 0.1) is 0 Å². The molecule has 1 heterocycles. The fourth-order valence-corrected chi connectivity index (χ4v) is 8.44. The van der Waals surface area contributed by atoms with Gasteiger partial charge in [0.25, 0.3) is 0 Å². The van der Waals surface area contributed by atoms with Crippen molar-refractivity contribution in [3.63, 3.8) is 0 Å². The monoisotopic (exact) mass is 713 g/mol. The average molecular weight is 714 g/mol. The van der Waals surface area contributed by atoms with Crippen molar-refractivity contribution < 1.29 is 4.42 Å². The Bertz CT molecular complexity index is 3230. The van der Waals surface area contributed by atoms with Gasteiger partial charge in [-0.05, 0) is 109 Å². The third-order valence-corrected chi connectivity index (χ3v) is 11.2. The first-order valence-electron chi connectivity index (χ1n) is 19.2. The molecular weight excluding hydrogens is 679 g/mol. The highest BCUT2D eigenvalue weighted by Gasteiger charge is 2.22. The lowest BCUT2D eigenvalue weighted by molar-refractivity contribution is 0.672. The number of benzene rings is 10. The van der Waals surface area contributed by atoms with Gasteiger partial charge in [0.2, 0.25) is 0 Å². The summed E-state index contributed by atoms with van der Waals surface area (Å²) in [7, 11) is 0. The predicted molar refractivity (Wildman–Crippen MR) is 237 cm³/mol. The lowest BCUT2D eigenvalue weighted by Gasteiger charge is -2.27. The van der Waals surface area contributed by atoms with E-state index in [1.54, 1.807) is 0 Å². The first-order valence-corrected chi connectivity index (χ1v) is 19.2. The molecule has 262 valence electrons. The molecule has 0 aliphatic heterocycles. The van der Waals surface area contributed by atoms with Crippen LogP contribution < -0.4 is 4.90 Å². The largest absolute Gasteiger partial charge is 0.455 e. The first-order chi connectivity index (χ1) is 27.7. The second-order valence-corrected chi connectivity index (χ2v) is 14.5. The Kier molecular flexibility index (Phi) is 7.53. The molecule has 0 atom stereocenters. The maximum absolute atomic E-state index is 6.85. The summed E-state index contributed by atoms with van der Waals surface area (Å²) in [6, 6.07) is 76.4. The first kappa shape index (κ1) is 32.0. The highest BCUT2D eigenvalue weighted by Crippen LogP contribution is 2.47. The Morgan fingerprint density at radius 3 is 1.57 bits per heavy atom. The van der Waals surface area contributed by atoms with E-state index in [1.807, 2.05) is 0 Å². The highest BCUT2D eigenvalue weighted by molar-refractivity contribution is 6.22. The number of hydrogen-bond donors (Lipinski definition) is 0. The summed E-state index contributed by atoms with van der Waals surface area (Å²) in [4.78, 5) is 2.39. The minimum atomic E-state index is 0.860. The van der Waals surface area contributed by atoms with E-state index in [0.29, 0.717) is 0 Å². The van der Waals surface area contributed by atoms with Crippen LogP contribution in [0.5, 0.6) is 0 Å². The molecule has 0 aliphatic rings. The number of fused-ring (bicyclic) bond motifs is 7. The second kappa shape index (κ2) is 13.2. The molecule has 10 aromatic carbocycles. The van der Waals surface area contributed by atoms with Gasteiger partial charge in [-0.1, -0.05) is 164 Å². The minimum Gasteiger partial charge on any atom is -0.455 e. The van der Waals surface area contributed by atoms with Crippen molar-refractivity contribution in [1.29, 1.82) is 0 Å². The molecule has 2 heteroatoms. The number of anilines is 3. The summed E-state index contributed by atoms with van der Waals surface area (Å²) in [6.07, 6.45) is 0. The van der Waals surface area contributed by atoms with Crippen LogP contribution in [0.1, 0.15) is 0 Å². The summed E-state index contributed by atoms with van der Waals surface area (Å²) >= 11 is 0. The van der Waals surface area contributed by atoms with Gasteiger partial charge >= 0.3 is 0 Å². The van der Waals surface area contributed by atoms with E-state index < -0.39 is 0 Å². The number of nitrogens with zero attached hydrogens (tertiary/aromatic N) is 1. The minimum absolute atomic E-state index is 0.860. The number of rotatable bonds is 6. The van der Waals surface area contributed by atoms with Crippen LogP contribution in [0.4, 0.5) is 17.1 Å². The van der Waals surface area contributed by atoms with Gasteiger partial charge in [-0.2, -0.15) is 0 Å². The topological polar surface area (TPSA) is 16.4 Å². The van der Waals surface area contributed by atoms with E-state index in [-0.39, 0.29) is 0 Å². The molecule has 0 saturated heterocycles. The van der Waals surface area contributed by atoms with Crippen molar-refractivity contribution in [1.82, 2.24) is 0 Å². The molecular formula is C54H35NO. The zero-order valence-corrected chi connectivity index (χ0v) is 30.6. The molecule has 0 bridgehead atoms. The second-order valence-electron chi connectivity index (χ2n) is 14.5. The van der Waals surface area contributed by atoms with E-state index >= 15 is 0 Å². The Morgan fingerprint density at radius 1 is 0.321 bits per heavy atom. The normalized spacial score (nSPS) is 11.6. The summed E-state index contributed by atoms with van der Waals surface area (Å²) in [5.41, 5.74) is 12.2. The van der Waals surface area contributed by atoms with E-state index in [4.69, 9.17) is 4.42 Å². The molecule has 1 aromatic heterocycles. The van der Waals surface area contributed by atoms with Crippen LogP contribution in [-0.4, -0.2) is 0 Å². The van der Waals surface area contributed by atoms with Crippen LogP contribution in [0.25, 0.3) is 87.6 Å². The zero-order chi connectivity index (χ0) is 37.0. The summed E-state index contributed by atoms with van der Waals surface area (Å²) < 4.78 is 6.85. The van der Waals surface area contributed by atoms with Crippen molar-refractivity contribution >= 4 is 71.3 Å². The smallest absolute Gasteiger partial charge is 0.143 e. The fraction of sp³-hybridized carbons (Fsp3) is 0. The molecule has 0 amide bonds. The molecule has 11 aromatic rings.